The van der Waals surface area contributed by atoms with Crippen LogP contribution in [0.25, 0.3) is 0 Å². The monoisotopic (exact) mass is 584 g/mol. The lowest BCUT2D eigenvalue weighted by molar-refractivity contribution is -0.862. The van der Waals surface area contributed by atoms with E-state index in [1.807, 2.05) is 21.1 Å². The van der Waals surface area contributed by atoms with Crippen LogP contribution in [0.1, 0.15) is 155 Å². The smallest absolute Gasteiger partial charge is 0.328 e. The molecule has 1 N–H and O–H groups in total. The first-order valence-corrected chi connectivity index (χ1v) is 17.1. The Labute approximate surface area is 253 Å². The molecule has 0 radical (unpaired) electrons. The van der Waals surface area contributed by atoms with Gasteiger partial charge in [-0.1, -0.05) is 129 Å². The summed E-state index contributed by atoms with van der Waals surface area (Å²) in [6, 6.07) is -0.831. The third-order valence-corrected chi connectivity index (χ3v) is 7.38. The van der Waals surface area contributed by atoms with Gasteiger partial charge in [0.25, 0.3) is 5.91 Å². The summed E-state index contributed by atoms with van der Waals surface area (Å²) in [5.41, 5.74) is 0. The van der Waals surface area contributed by atoms with Gasteiger partial charge in [0.1, 0.15) is 6.04 Å². The number of nitrogens with zero attached hydrogens (tertiary/aromatic N) is 1. The van der Waals surface area contributed by atoms with Crippen molar-refractivity contribution in [1.82, 2.24) is 5.32 Å². The molecule has 0 fully saturated rings. The minimum Gasteiger partial charge on any atom is -0.466 e. The van der Waals surface area contributed by atoms with Gasteiger partial charge < -0.3 is 19.3 Å². The second-order valence-corrected chi connectivity index (χ2v) is 12.9. The number of likely N-dealkylation sites (N-methyl/N-ethyl adjacent to an activating group) is 1. The topological polar surface area (TPSA) is 81.7 Å². The molecule has 0 aliphatic carbocycles. The molecule has 1 atom stereocenters. The predicted molar refractivity (Wildman–Crippen MR) is 170 cm³/mol. The maximum Gasteiger partial charge on any atom is 0.328 e. The highest BCUT2D eigenvalue weighted by Crippen LogP contribution is 2.12. The van der Waals surface area contributed by atoms with E-state index < -0.39 is 12.0 Å². The zero-order valence-corrected chi connectivity index (χ0v) is 27.7. The maximum atomic E-state index is 12.8. The van der Waals surface area contributed by atoms with Gasteiger partial charge in [-0.2, -0.15) is 0 Å². The number of ether oxygens (including phenoxy) is 2. The average molecular weight is 584 g/mol. The molecule has 0 aliphatic heterocycles. The highest BCUT2D eigenvalue weighted by atomic mass is 16.5. The summed E-state index contributed by atoms with van der Waals surface area (Å²) in [7, 11) is 5.76. The molecule has 7 heteroatoms. The van der Waals surface area contributed by atoms with Crippen molar-refractivity contribution >= 4 is 17.8 Å². The fraction of sp³-hybridized carbons (Fsp3) is 0.912. The van der Waals surface area contributed by atoms with Crippen molar-refractivity contribution in [1.29, 1.82) is 0 Å². The van der Waals surface area contributed by atoms with E-state index in [9.17, 15) is 14.4 Å². The summed E-state index contributed by atoms with van der Waals surface area (Å²) in [6.45, 7) is 5.48. The summed E-state index contributed by atoms with van der Waals surface area (Å²) < 4.78 is 11.3. The third-order valence-electron chi connectivity index (χ3n) is 7.38. The number of hydrogen-bond donors (Lipinski definition) is 1. The molecule has 0 spiro atoms. The molecule has 0 heterocycles. The molecule has 242 valence electrons. The van der Waals surface area contributed by atoms with Crippen molar-refractivity contribution in [2.24, 2.45) is 0 Å². The Morgan fingerprint density at radius 1 is 0.585 bits per heavy atom. The van der Waals surface area contributed by atoms with Crippen molar-refractivity contribution in [3.8, 4) is 0 Å². The molecule has 0 aromatic heterocycles. The first-order chi connectivity index (χ1) is 19.7. The Balaban J connectivity index is 4.23. The van der Waals surface area contributed by atoms with Crippen LogP contribution in [0.2, 0.25) is 0 Å². The van der Waals surface area contributed by atoms with Crippen molar-refractivity contribution < 1.29 is 28.3 Å². The molecule has 0 rings (SSSR count). The average Bonchev–Trinajstić information content (AvgIpc) is 2.91. The second kappa shape index (κ2) is 27.2. The Morgan fingerprint density at radius 3 is 1.39 bits per heavy atom. The van der Waals surface area contributed by atoms with Crippen LogP contribution in [-0.2, 0) is 23.9 Å². The molecule has 1 amide bonds. The fourth-order valence-electron chi connectivity index (χ4n) is 4.89. The molecule has 0 saturated heterocycles. The van der Waals surface area contributed by atoms with E-state index in [2.05, 4.69) is 19.2 Å². The van der Waals surface area contributed by atoms with E-state index in [4.69, 9.17) is 9.47 Å². The number of hydrogen-bond acceptors (Lipinski definition) is 5. The molecule has 7 nitrogen and oxygen atoms in total. The van der Waals surface area contributed by atoms with Crippen LogP contribution in [-0.4, -0.2) is 69.3 Å². The number of carbonyl (C=O) groups is 3. The van der Waals surface area contributed by atoms with Crippen molar-refractivity contribution in [2.75, 3.05) is 40.9 Å². The fourth-order valence-corrected chi connectivity index (χ4v) is 4.89. The van der Waals surface area contributed by atoms with E-state index in [1.54, 1.807) is 0 Å². The van der Waals surface area contributed by atoms with Gasteiger partial charge in [0.15, 0.2) is 6.54 Å². The van der Waals surface area contributed by atoms with Gasteiger partial charge in [-0.25, -0.2) is 4.79 Å². The Hall–Kier alpha value is -1.63. The van der Waals surface area contributed by atoms with Gasteiger partial charge in [-0.05, 0) is 19.3 Å². The first-order valence-electron chi connectivity index (χ1n) is 17.1. The highest BCUT2D eigenvalue weighted by molar-refractivity contribution is 5.85. The number of unbranched alkanes of at least 4 members (excludes halogenated alkanes) is 18. The summed E-state index contributed by atoms with van der Waals surface area (Å²) in [5, 5.41) is 2.79. The molecule has 0 bridgehead atoms. The Morgan fingerprint density at radius 2 is 0.976 bits per heavy atom. The molecule has 0 saturated carbocycles. The van der Waals surface area contributed by atoms with Crippen LogP contribution >= 0.6 is 0 Å². The van der Waals surface area contributed by atoms with Crippen LogP contribution in [0.3, 0.4) is 0 Å². The van der Waals surface area contributed by atoms with Crippen LogP contribution in [0, 0.1) is 0 Å². The molecule has 0 aromatic carbocycles. The SMILES string of the molecule is CCCCCCCCCCCCOC(=O)CC[C@@H](NC(=O)C[N+](C)(C)C)C(=O)OCCCCCCCCCCCC. The van der Waals surface area contributed by atoms with Gasteiger partial charge >= 0.3 is 11.9 Å². The minimum absolute atomic E-state index is 0.0838. The van der Waals surface area contributed by atoms with Crippen molar-refractivity contribution in [3.63, 3.8) is 0 Å². The molecule has 0 aliphatic rings. The number of quaternary nitrogens is 1. The summed E-state index contributed by atoms with van der Waals surface area (Å²) in [6.07, 6.45) is 24.7. The molecule has 0 unspecified atom stereocenters. The Kier molecular flexibility index (Phi) is 26.1. The molecule has 41 heavy (non-hydrogen) atoms. The standard InChI is InChI=1S/C34H66N2O5/c1-6-8-10-12-14-16-18-20-22-24-28-40-33(38)27-26-31(35-32(37)30-36(3,4)5)34(39)41-29-25-23-21-19-17-15-13-11-9-7-2/h31H,6-30H2,1-5H3/p+1/t31-/m1/s1. The lowest BCUT2D eigenvalue weighted by Gasteiger charge is -2.24. The third kappa shape index (κ3) is 28.3. The van der Waals surface area contributed by atoms with Crippen LogP contribution in [0.4, 0.5) is 0 Å². The lowest BCUT2D eigenvalue weighted by Crippen LogP contribution is -2.49. The van der Waals surface area contributed by atoms with E-state index in [0.717, 1.165) is 32.1 Å². The largest absolute Gasteiger partial charge is 0.466 e. The normalized spacial score (nSPS) is 12.2. The van der Waals surface area contributed by atoms with Crippen LogP contribution in [0.5, 0.6) is 0 Å². The van der Waals surface area contributed by atoms with Crippen LogP contribution in [0.15, 0.2) is 0 Å². The number of rotatable bonds is 29. The quantitative estimate of drug-likeness (QED) is 0.0550. The van der Waals surface area contributed by atoms with Crippen molar-refractivity contribution in [3.05, 3.63) is 0 Å². The number of amides is 1. The van der Waals surface area contributed by atoms with Crippen molar-refractivity contribution in [2.45, 2.75) is 161 Å². The number of esters is 2. The summed E-state index contributed by atoms with van der Waals surface area (Å²) in [5.74, 6) is -1.01. The van der Waals surface area contributed by atoms with Gasteiger partial charge in [0.2, 0.25) is 0 Å². The predicted octanol–water partition coefficient (Wildman–Crippen LogP) is 7.89. The van der Waals surface area contributed by atoms with Crippen LogP contribution < -0.4 is 5.32 Å². The second-order valence-electron chi connectivity index (χ2n) is 12.9. The number of carbonyl (C=O) groups excluding carboxylic acids is 3. The molecular weight excluding hydrogens is 516 g/mol. The van der Waals surface area contributed by atoms with E-state index in [0.29, 0.717) is 17.7 Å². The Bertz CT molecular complexity index is 648. The minimum atomic E-state index is -0.831. The van der Waals surface area contributed by atoms with E-state index in [-0.39, 0.29) is 31.3 Å². The zero-order chi connectivity index (χ0) is 30.6. The lowest BCUT2D eigenvalue weighted by atomic mass is 10.1. The highest BCUT2D eigenvalue weighted by Gasteiger charge is 2.26. The first kappa shape index (κ1) is 39.4. The maximum absolute atomic E-state index is 12.8. The van der Waals surface area contributed by atoms with Gasteiger partial charge in [-0.3, -0.25) is 9.59 Å². The molecular formula is C34H67N2O5+. The zero-order valence-electron chi connectivity index (χ0n) is 27.7. The van der Waals surface area contributed by atoms with E-state index in [1.165, 1.54) is 96.3 Å². The van der Waals surface area contributed by atoms with Gasteiger partial charge in [0.05, 0.1) is 34.4 Å². The van der Waals surface area contributed by atoms with E-state index >= 15 is 0 Å². The summed E-state index contributed by atoms with van der Waals surface area (Å²) >= 11 is 0. The summed E-state index contributed by atoms with van der Waals surface area (Å²) in [4.78, 5) is 37.6. The number of nitrogens with one attached hydrogen (secondary N) is 1. The molecule has 0 aromatic rings. The van der Waals surface area contributed by atoms with Gasteiger partial charge in [-0.15, -0.1) is 0 Å². The van der Waals surface area contributed by atoms with Gasteiger partial charge in [0, 0.05) is 6.42 Å².